The molecule has 0 spiro atoms. The smallest absolute Gasteiger partial charge is 0.286 e. The maximum absolute atomic E-state index is 11.7. The molecule has 1 atom stereocenters. The van der Waals surface area contributed by atoms with Crippen molar-refractivity contribution < 1.29 is 14.4 Å². The van der Waals surface area contributed by atoms with Crippen molar-refractivity contribution in [3.05, 3.63) is 24.3 Å². The number of nitrogens with two attached hydrogens (primary N) is 1. The average Bonchev–Trinajstić information content (AvgIpc) is 2.61. The van der Waals surface area contributed by atoms with Gasteiger partial charge in [-0.25, -0.2) is 0 Å². The van der Waals surface area contributed by atoms with Gasteiger partial charge in [-0.2, -0.15) is 0 Å². The molecule has 1 aromatic rings. The molecular formula is C11H11N3O3S. The molecule has 4 N–H and O–H groups in total. The molecule has 0 bridgehead atoms. The van der Waals surface area contributed by atoms with Gasteiger partial charge in [-0.3, -0.25) is 19.7 Å². The van der Waals surface area contributed by atoms with E-state index >= 15 is 0 Å². The molecule has 1 aromatic carbocycles. The van der Waals surface area contributed by atoms with E-state index in [2.05, 4.69) is 10.6 Å². The molecule has 1 fully saturated rings. The van der Waals surface area contributed by atoms with E-state index in [0.29, 0.717) is 11.4 Å². The number of amides is 3. The number of hydrogen-bond acceptors (Lipinski definition) is 5. The maximum Gasteiger partial charge on any atom is 0.286 e. The summed E-state index contributed by atoms with van der Waals surface area (Å²) in [5.41, 5.74) is 6.62. The minimum atomic E-state index is -0.664. The summed E-state index contributed by atoms with van der Waals surface area (Å²) in [6.07, 6.45) is -0.0590. The van der Waals surface area contributed by atoms with E-state index in [-0.39, 0.29) is 12.3 Å². The number of benzene rings is 1. The molecule has 0 radical (unpaired) electrons. The Morgan fingerprint density at radius 2 is 2.11 bits per heavy atom. The lowest BCUT2D eigenvalue weighted by atomic mass is 10.2. The van der Waals surface area contributed by atoms with E-state index in [1.807, 2.05) is 0 Å². The molecule has 0 aromatic heterocycles. The van der Waals surface area contributed by atoms with E-state index < -0.39 is 16.4 Å². The van der Waals surface area contributed by atoms with Crippen molar-refractivity contribution >= 4 is 40.2 Å². The summed E-state index contributed by atoms with van der Waals surface area (Å²) in [5.74, 6) is -0.781. The lowest BCUT2D eigenvalue weighted by Crippen LogP contribution is -2.27. The normalized spacial score (nSPS) is 18.6. The summed E-state index contributed by atoms with van der Waals surface area (Å²) in [5, 5.41) is 3.65. The first-order chi connectivity index (χ1) is 8.56. The number of imide groups is 1. The zero-order valence-electron chi connectivity index (χ0n) is 9.30. The number of rotatable bonds is 3. The zero-order chi connectivity index (χ0) is 13.1. The molecule has 1 aliphatic rings. The Balaban J connectivity index is 1.95. The van der Waals surface area contributed by atoms with Gasteiger partial charge in [-0.1, -0.05) is 23.9 Å². The van der Waals surface area contributed by atoms with Crippen LogP contribution in [0.4, 0.5) is 16.2 Å². The van der Waals surface area contributed by atoms with E-state index in [1.54, 1.807) is 24.3 Å². The fourth-order valence-electron chi connectivity index (χ4n) is 1.51. The molecule has 1 unspecified atom stereocenters. The largest absolute Gasteiger partial charge is 0.397 e. The molecule has 18 heavy (non-hydrogen) atoms. The predicted octanol–water partition coefficient (Wildman–Crippen LogP) is 0.949. The van der Waals surface area contributed by atoms with Gasteiger partial charge in [0.2, 0.25) is 11.8 Å². The van der Waals surface area contributed by atoms with Crippen LogP contribution in [0, 0.1) is 0 Å². The Bertz CT molecular complexity index is 518. The maximum atomic E-state index is 11.7. The number of thioether (sulfide) groups is 1. The summed E-state index contributed by atoms with van der Waals surface area (Å²) in [7, 11) is 0. The third-order valence-electron chi connectivity index (χ3n) is 2.37. The van der Waals surface area contributed by atoms with Crippen LogP contribution >= 0.6 is 11.8 Å². The molecule has 0 saturated carbocycles. The quantitative estimate of drug-likeness (QED) is 0.706. The zero-order valence-corrected chi connectivity index (χ0v) is 10.1. The molecule has 1 aliphatic heterocycles. The van der Waals surface area contributed by atoms with E-state index in [0.717, 1.165) is 11.8 Å². The molecule has 2 rings (SSSR count). The number of carbonyl (C=O) groups is 3. The minimum absolute atomic E-state index is 0.0590. The van der Waals surface area contributed by atoms with E-state index in [4.69, 9.17) is 5.73 Å². The molecule has 0 aliphatic carbocycles. The second-order valence-electron chi connectivity index (χ2n) is 3.72. The Hall–Kier alpha value is -2.02. The van der Waals surface area contributed by atoms with Crippen molar-refractivity contribution in [1.29, 1.82) is 0 Å². The molecule has 94 valence electrons. The van der Waals surface area contributed by atoms with Gasteiger partial charge in [-0.15, -0.1) is 0 Å². The SMILES string of the molecule is Nc1ccccc1NC(=O)CC1SC(=O)NC1=O. The van der Waals surface area contributed by atoms with Gasteiger partial charge in [0.15, 0.2) is 0 Å². The highest BCUT2D eigenvalue weighted by molar-refractivity contribution is 8.15. The lowest BCUT2D eigenvalue weighted by molar-refractivity contribution is -0.122. The van der Waals surface area contributed by atoms with Crippen LogP contribution < -0.4 is 16.4 Å². The van der Waals surface area contributed by atoms with E-state index in [9.17, 15) is 14.4 Å². The number of nitrogen functional groups attached to an aromatic ring is 1. The van der Waals surface area contributed by atoms with Crippen LogP contribution in [0.25, 0.3) is 0 Å². The van der Waals surface area contributed by atoms with Crippen LogP contribution in [-0.2, 0) is 9.59 Å². The second-order valence-corrected chi connectivity index (χ2v) is 4.90. The Morgan fingerprint density at radius 1 is 1.39 bits per heavy atom. The van der Waals surface area contributed by atoms with Crippen molar-refractivity contribution in [2.24, 2.45) is 0 Å². The first-order valence-corrected chi connectivity index (χ1v) is 6.10. The van der Waals surface area contributed by atoms with E-state index in [1.165, 1.54) is 0 Å². The van der Waals surface area contributed by atoms with Crippen molar-refractivity contribution in [1.82, 2.24) is 5.32 Å². The summed E-state index contributed by atoms with van der Waals surface area (Å²) < 4.78 is 0. The van der Waals surface area contributed by atoms with Crippen LogP contribution in [0.15, 0.2) is 24.3 Å². The third-order valence-corrected chi connectivity index (χ3v) is 3.35. The summed E-state index contributed by atoms with van der Waals surface area (Å²) >= 11 is 0.825. The van der Waals surface area contributed by atoms with Crippen molar-refractivity contribution in [2.45, 2.75) is 11.7 Å². The van der Waals surface area contributed by atoms with Crippen LogP contribution in [-0.4, -0.2) is 22.3 Å². The Labute approximate surface area is 107 Å². The minimum Gasteiger partial charge on any atom is -0.397 e. The Morgan fingerprint density at radius 3 is 2.72 bits per heavy atom. The number of nitrogens with one attached hydrogen (secondary N) is 2. The molecule has 3 amide bonds. The highest BCUT2D eigenvalue weighted by Gasteiger charge is 2.33. The number of para-hydroxylation sites is 2. The predicted molar refractivity (Wildman–Crippen MR) is 69.0 cm³/mol. The summed E-state index contributed by atoms with van der Waals surface area (Å²) in [6.45, 7) is 0. The Kier molecular flexibility index (Phi) is 3.52. The number of anilines is 2. The molecular weight excluding hydrogens is 254 g/mol. The number of carbonyl (C=O) groups excluding carboxylic acids is 3. The lowest BCUT2D eigenvalue weighted by Gasteiger charge is -2.09. The molecule has 6 nitrogen and oxygen atoms in total. The average molecular weight is 265 g/mol. The monoisotopic (exact) mass is 265 g/mol. The first kappa shape index (κ1) is 12.4. The highest BCUT2D eigenvalue weighted by atomic mass is 32.2. The van der Waals surface area contributed by atoms with Gasteiger partial charge in [0.1, 0.15) is 5.25 Å². The van der Waals surface area contributed by atoms with Crippen molar-refractivity contribution in [2.75, 3.05) is 11.1 Å². The molecule has 7 heteroatoms. The van der Waals surface area contributed by atoms with Crippen LogP contribution in [0.5, 0.6) is 0 Å². The van der Waals surface area contributed by atoms with Gasteiger partial charge in [0.05, 0.1) is 11.4 Å². The van der Waals surface area contributed by atoms with Gasteiger partial charge < -0.3 is 11.1 Å². The number of hydrogen-bond donors (Lipinski definition) is 3. The highest BCUT2D eigenvalue weighted by Crippen LogP contribution is 2.23. The molecule has 1 heterocycles. The third kappa shape index (κ3) is 2.80. The van der Waals surface area contributed by atoms with Gasteiger partial charge >= 0.3 is 0 Å². The topological polar surface area (TPSA) is 101 Å². The van der Waals surface area contributed by atoms with Gasteiger partial charge in [0.25, 0.3) is 5.24 Å². The van der Waals surface area contributed by atoms with Crippen molar-refractivity contribution in [3.63, 3.8) is 0 Å². The van der Waals surface area contributed by atoms with Gasteiger partial charge in [-0.05, 0) is 12.1 Å². The summed E-state index contributed by atoms with van der Waals surface area (Å²) in [4.78, 5) is 33.9. The molecule has 1 saturated heterocycles. The van der Waals surface area contributed by atoms with Crippen molar-refractivity contribution in [3.8, 4) is 0 Å². The fraction of sp³-hybridized carbons (Fsp3) is 0.182. The van der Waals surface area contributed by atoms with Crippen LogP contribution in [0.1, 0.15) is 6.42 Å². The van der Waals surface area contributed by atoms with Crippen LogP contribution in [0.3, 0.4) is 0 Å². The fourth-order valence-corrected chi connectivity index (χ4v) is 2.33. The standard InChI is InChI=1S/C11H11N3O3S/c12-6-3-1-2-4-7(6)13-9(15)5-8-10(16)14-11(17)18-8/h1-4,8H,5,12H2,(H,13,15)(H,14,16,17). The van der Waals surface area contributed by atoms with Crippen LogP contribution in [0.2, 0.25) is 0 Å². The first-order valence-electron chi connectivity index (χ1n) is 5.22. The summed E-state index contributed by atoms with van der Waals surface area (Å²) in [6, 6.07) is 6.83. The van der Waals surface area contributed by atoms with Gasteiger partial charge in [0, 0.05) is 6.42 Å². The second kappa shape index (κ2) is 5.09.